The fraction of sp³-hybridized carbons (Fsp3) is 0.357. The normalized spacial score (nSPS) is 12.2. The van der Waals surface area contributed by atoms with E-state index in [1.165, 1.54) is 11.1 Å². The summed E-state index contributed by atoms with van der Waals surface area (Å²) in [5.74, 6) is 1.07. The molecule has 0 spiro atoms. The van der Waals surface area contributed by atoms with Gasteiger partial charge in [0.05, 0.1) is 6.61 Å². The second-order valence-electron chi connectivity index (χ2n) is 3.54. The molecule has 0 fully saturated rings. The van der Waals surface area contributed by atoms with Crippen LogP contribution in [0.1, 0.15) is 30.9 Å². The summed E-state index contributed by atoms with van der Waals surface area (Å²) >= 11 is 0. The van der Waals surface area contributed by atoms with Crippen LogP contribution in [0.15, 0.2) is 30.9 Å². The van der Waals surface area contributed by atoms with Crippen LogP contribution in [-0.2, 0) is 6.42 Å². The molecular weight excluding hydrogens is 184 g/mol. The van der Waals surface area contributed by atoms with Gasteiger partial charge in [-0.2, -0.15) is 0 Å². The molecule has 0 aromatic heterocycles. The van der Waals surface area contributed by atoms with E-state index in [0.29, 0.717) is 6.61 Å². The van der Waals surface area contributed by atoms with Crippen LogP contribution in [0.3, 0.4) is 0 Å². The first-order chi connectivity index (χ1) is 7.21. The molecule has 0 saturated heterocycles. The van der Waals surface area contributed by atoms with Crippen molar-refractivity contribution in [2.45, 2.75) is 26.2 Å². The molecule has 1 radical (unpaired) electrons. The highest BCUT2D eigenvalue weighted by Gasteiger charge is 2.05. The highest BCUT2D eigenvalue weighted by atomic mass is 16.5. The molecule has 1 aromatic rings. The molecule has 81 valence electrons. The van der Waals surface area contributed by atoms with E-state index in [9.17, 15) is 0 Å². The maximum absolute atomic E-state index is 5.52. The van der Waals surface area contributed by atoms with Gasteiger partial charge in [-0.1, -0.05) is 19.1 Å². The van der Waals surface area contributed by atoms with Crippen LogP contribution < -0.4 is 4.74 Å². The number of benzene rings is 1. The van der Waals surface area contributed by atoms with Crippen molar-refractivity contribution in [1.29, 1.82) is 0 Å². The summed E-state index contributed by atoms with van der Waals surface area (Å²) in [4.78, 5) is 0. The van der Waals surface area contributed by atoms with Gasteiger partial charge in [-0.05, 0) is 43.5 Å². The molecule has 0 heterocycles. The van der Waals surface area contributed by atoms with E-state index in [4.69, 9.17) is 4.74 Å². The molecule has 1 nitrogen and oxygen atoms in total. The second-order valence-corrected chi connectivity index (χ2v) is 3.54. The number of allylic oxidation sites excluding steroid dienone is 1. The van der Waals surface area contributed by atoms with E-state index in [-0.39, 0.29) is 5.92 Å². The van der Waals surface area contributed by atoms with Gasteiger partial charge in [0, 0.05) is 5.92 Å². The lowest BCUT2D eigenvalue weighted by Crippen LogP contribution is -1.97. The molecule has 0 bridgehead atoms. The largest absolute Gasteiger partial charge is 0.494 e. The molecule has 0 aliphatic carbocycles. The molecule has 0 saturated carbocycles. The summed E-state index contributed by atoms with van der Waals surface area (Å²) in [5, 5.41) is 0. The van der Waals surface area contributed by atoms with Crippen LogP contribution in [0.25, 0.3) is 0 Å². The fourth-order valence-electron chi connectivity index (χ4n) is 1.49. The molecule has 1 unspecified atom stereocenters. The van der Waals surface area contributed by atoms with Gasteiger partial charge in [0.1, 0.15) is 5.75 Å². The number of aryl methyl sites for hydroxylation is 1. The Balaban J connectivity index is 3.04. The first kappa shape index (κ1) is 11.8. The molecule has 0 aliphatic rings. The van der Waals surface area contributed by atoms with Crippen molar-refractivity contribution in [3.63, 3.8) is 0 Å². The fourth-order valence-corrected chi connectivity index (χ4v) is 1.49. The molecule has 1 rings (SSSR count). The topological polar surface area (TPSA) is 9.23 Å². The van der Waals surface area contributed by atoms with Crippen molar-refractivity contribution >= 4 is 0 Å². The predicted octanol–water partition coefficient (Wildman–Crippen LogP) is 3.75. The van der Waals surface area contributed by atoms with E-state index in [2.05, 4.69) is 32.6 Å². The van der Waals surface area contributed by atoms with E-state index in [1.54, 1.807) is 0 Å². The molecule has 1 aromatic carbocycles. The van der Waals surface area contributed by atoms with Crippen molar-refractivity contribution in [2.24, 2.45) is 0 Å². The quantitative estimate of drug-likeness (QED) is 0.662. The van der Waals surface area contributed by atoms with Gasteiger partial charge in [-0.25, -0.2) is 0 Å². The van der Waals surface area contributed by atoms with Crippen LogP contribution in [-0.4, -0.2) is 6.61 Å². The molecular formula is C14H19O. The zero-order valence-corrected chi connectivity index (χ0v) is 9.62. The van der Waals surface area contributed by atoms with Crippen LogP contribution in [0, 0.1) is 6.92 Å². The average Bonchev–Trinajstić information content (AvgIpc) is 2.28. The predicted molar refractivity (Wildman–Crippen MR) is 65.3 cm³/mol. The highest BCUT2D eigenvalue weighted by molar-refractivity contribution is 5.38. The molecule has 0 N–H and O–H groups in total. The first-order valence-electron chi connectivity index (χ1n) is 5.43. The SMILES string of the molecule is [CH2]C(C=C)c1cc(CC)cc(OCC)c1. The Morgan fingerprint density at radius 3 is 2.60 bits per heavy atom. The van der Waals surface area contributed by atoms with Gasteiger partial charge < -0.3 is 4.74 Å². The van der Waals surface area contributed by atoms with Crippen LogP contribution in [0.4, 0.5) is 0 Å². The van der Waals surface area contributed by atoms with Gasteiger partial charge in [-0.15, -0.1) is 6.58 Å². The Hall–Kier alpha value is -1.24. The van der Waals surface area contributed by atoms with Crippen LogP contribution >= 0.6 is 0 Å². The van der Waals surface area contributed by atoms with Crippen molar-refractivity contribution in [1.82, 2.24) is 0 Å². The summed E-state index contributed by atoms with van der Waals surface area (Å²) in [5.41, 5.74) is 2.46. The van der Waals surface area contributed by atoms with E-state index < -0.39 is 0 Å². The van der Waals surface area contributed by atoms with E-state index in [1.807, 2.05) is 19.1 Å². The third-order valence-electron chi connectivity index (χ3n) is 2.42. The lowest BCUT2D eigenvalue weighted by molar-refractivity contribution is 0.339. The van der Waals surface area contributed by atoms with E-state index in [0.717, 1.165) is 12.2 Å². The average molecular weight is 203 g/mol. The maximum atomic E-state index is 5.52. The monoisotopic (exact) mass is 203 g/mol. The summed E-state index contributed by atoms with van der Waals surface area (Å²) in [6, 6.07) is 6.30. The Morgan fingerprint density at radius 2 is 2.07 bits per heavy atom. The van der Waals surface area contributed by atoms with Gasteiger partial charge in [0.15, 0.2) is 0 Å². The minimum Gasteiger partial charge on any atom is -0.494 e. The van der Waals surface area contributed by atoms with Crippen molar-refractivity contribution in [3.05, 3.63) is 48.9 Å². The molecule has 15 heavy (non-hydrogen) atoms. The Bertz CT molecular complexity index is 328. The molecule has 0 aliphatic heterocycles. The first-order valence-corrected chi connectivity index (χ1v) is 5.43. The Labute approximate surface area is 92.8 Å². The summed E-state index contributed by atoms with van der Waals surface area (Å²) in [7, 11) is 0. The lowest BCUT2D eigenvalue weighted by Gasteiger charge is -2.12. The molecule has 1 heteroatoms. The number of hydrogen-bond donors (Lipinski definition) is 0. The van der Waals surface area contributed by atoms with Gasteiger partial charge in [-0.3, -0.25) is 0 Å². The third-order valence-corrected chi connectivity index (χ3v) is 2.42. The van der Waals surface area contributed by atoms with Crippen LogP contribution in [0.2, 0.25) is 0 Å². The highest BCUT2D eigenvalue weighted by Crippen LogP contribution is 2.24. The zero-order chi connectivity index (χ0) is 11.3. The van der Waals surface area contributed by atoms with Crippen molar-refractivity contribution in [3.8, 4) is 5.75 Å². The Kier molecular flexibility index (Phi) is 4.41. The Morgan fingerprint density at radius 1 is 1.33 bits per heavy atom. The van der Waals surface area contributed by atoms with E-state index >= 15 is 0 Å². The van der Waals surface area contributed by atoms with Crippen LogP contribution in [0.5, 0.6) is 5.75 Å². The summed E-state index contributed by atoms with van der Waals surface area (Å²) in [6.45, 7) is 12.6. The summed E-state index contributed by atoms with van der Waals surface area (Å²) in [6.07, 6.45) is 2.86. The van der Waals surface area contributed by atoms with Crippen molar-refractivity contribution < 1.29 is 4.74 Å². The minimum absolute atomic E-state index is 0.135. The zero-order valence-electron chi connectivity index (χ0n) is 9.62. The van der Waals surface area contributed by atoms with Gasteiger partial charge in [0.25, 0.3) is 0 Å². The van der Waals surface area contributed by atoms with Gasteiger partial charge >= 0.3 is 0 Å². The minimum atomic E-state index is 0.135. The summed E-state index contributed by atoms with van der Waals surface area (Å²) < 4.78 is 5.52. The smallest absolute Gasteiger partial charge is 0.119 e. The lowest BCUT2D eigenvalue weighted by atomic mass is 9.98. The maximum Gasteiger partial charge on any atom is 0.119 e. The third kappa shape index (κ3) is 3.12. The van der Waals surface area contributed by atoms with Crippen molar-refractivity contribution in [2.75, 3.05) is 6.61 Å². The molecule has 1 atom stereocenters. The number of rotatable bonds is 5. The molecule has 0 amide bonds. The second kappa shape index (κ2) is 5.59. The number of ether oxygens (including phenoxy) is 1. The number of hydrogen-bond acceptors (Lipinski definition) is 1. The van der Waals surface area contributed by atoms with Gasteiger partial charge in [0.2, 0.25) is 0 Å². The standard InChI is InChI=1S/C14H19O/c1-5-11(4)13-8-12(6-2)9-14(10-13)15-7-3/h5,8-11H,1,4,6-7H2,2-3H3.